The van der Waals surface area contributed by atoms with Gasteiger partial charge >= 0.3 is 6.09 Å². The first-order chi connectivity index (χ1) is 18.2. The molecule has 0 aliphatic carbocycles. The standard InChI is InChI=1S/C28H33N3O7/c1-16(2)24-23(29-28(34)38-15-18-10-8-7-9-11-18)27(33)30-14-20(17(3)32)25(31(24)30)19-12-21(35-4)26(37-6)22(13-19)36-5/h7-14,16,23-25H,15H2,1-6H3,(H,29,34)/t23-,24-,25+/m0/s1. The Morgan fingerprint density at radius 2 is 1.63 bits per heavy atom. The van der Waals surface area contributed by atoms with Gasteiger partial charge in [0.15, 0.2) is 17.3 Å². The highest BCUT2D eigenvalue weighted by molar-refractivity contribution is 5.98. The van der Waals surface area contributed by atoms with E-state index in [4.69, 9.17) is 18.9 Å². The average Bonchev–Trinajstić information content (AvgIpc) is 3.42. The fourth-order valence-corrected chi connectivity index (χ4v) is 5.07. The number of rotatable bonds is 9. The molecule has 1 saturated heterocycles. The number of fused-ring (bicyclic) bond motifs is 1. The lowest BCUT2D eigenvalue weighted by Gasteiger charge is -2.35. The molecule has 0 spiro atoms. The number of carbonyl (C=O) groups is 3. The van der Waals surface area contributed by atoms with E-state index in [0.29, 0.717) is 28.4 Å². The predicted molar refractivity (Wildman–Crippen MR) is 138 cm³/mol. The minimum Gasteiger partial charge on any atom is -0.493 e. The Labute approximate surface area is 222 Å². The van der Waals surface area contributed by atoms with E-state index in [-0.39, 0.29) is 24.2 Å². The number of methoxy groups -OCH3 is 3. The molecule has 2 amide bonds. The number of hydrazine groups is 1. The number of nitrogens with one attached hydrogen (secondary N) is 1. The maximum Gasteiger partial charge on any atom is 0.408 e. The minimum absolute atomic E-state index is 0.0763. The van der Waals surface area contributed by atoms with Crippen LogP contribution < -0.4 is 19.5 Å². The third-order valence-corrected chi connectivity index (χ3v) is 6.79. The van der Waals surface area contributed by atoms with Crippen molar-refractivity contribution in [3.63, 3.8) is 0 Å². The first kappa shape index (κ1) is 27.0. The molecule has 202 valence electrons. The number of benzene rings is 2. The zero-order chi connectivity index (χ0) is 27.6. The SMILES string of the molecule is COc1cc([C@@H]2C(C(C)=O)=CN3C(=O)[C@@H](NC(=O)OCc4ccccc4)[C@H](C(C)C)N23)cc(OC)c1OC. The third kappa shape index (κ3) is 4.91. The summed E-state index contributed by atoms with van der Waals surface area (Å²) in [5, 5.41) is 6.03. The number of carbonyl (C=O) groups excluding carboxylic acids is 3. The van der Waals surface area contributed by atoms with Gasteiger partial charge in [0.25, 0.3) is 5.91 Å². The fraction of sp³-hybridized carbons (Fsp3) is 0.393. The first-order valence-electron chi connectivity index (χ1n) is 12.3. The van der Waals surface area contributed by atoms with E-state index >= 15 is 0 Å². The highest BCUT2D eigenvalue weighted by Crippen LogP contribution is 2.48. The van der Waals surface area contributed by atoms with Crippen LogP contribution in [0.25, 0.3) is 0 Å². The molecule has 10 nitrogen and oxygen atoms in total. The van der Waals surface area contributed by atoms with Crippen molar-refractivity contribution in [2.24, 2.45) is 5.92 Å². The molecule has 10 heteroatoms. The van der Waals surface area contributed by atoms with Gasteiger partial charge in [0.05, 0.1) is 33.4 Å². The predicted octanol–water partition coefficient (Wildman–Crippen LogP) is 3.62. The lowest BCUT2D eigenvalue weighted by Crippen LogP contribution is -2.50. The number of ether oxygens (including phenoxy) is 4. The highest BCUT2D eigenvalue weighted by atomic mass is 16.5. The molecule has 4 rings (SSSR count). The van der Waals surface area contributed by atoms with Gasteiger partial charge in [0.1, 0.15) is 12.6 Å². The maximum absolute atomic E-state index is 13.6. The van der Waals surface area contributed by atoms with Crippen LogP contribution in [0.5, 0.6) is 17.2 Å². The Hall–Kier alpha value is -4.05. The molecule has 3 atom stereocenters. The number of Topliss-reactive ketones (excluding diaryl/α,β-unsaturated/α-hetero) is 1. The van der Waals surface area contributed by atoms with E-state index in [1.807, 2.05) is 49.2 Å². The summed E-state index contributed by atoms with van der Waals surface area (Å²) in [6.07, 6.45) is 0.852. The molecule has 0 saturated carbocycles. The topological polar surface area (TPSA) is 107 Å². The summed E-state index contributed by atoms with van der Waals surface area (Å²) < 4.78 is 21.9. The molecular formula is C28H33N3O7. The minimum atomic E-state index is -0.882. The van der Waals surface area contributed by atoms with E-state index in [1.54, 1.807) is 18.3 Å². The number of amides is 2. The summed E-state index contributed by atoms with van der Waals surface area (Å²) in [7, 11) is 4.54. The van der Waals surface area contributed by atoms with Crippen LogP contribution in [0, 0.1) is 5.92 Å². The first-order valence-corrected chi connectivity index (χ1v) is 12.3. The highest BCUT2D eigenvalue weighted by Gasteiger charge is 2.55. The number of hydrogen-bond acceptors (Lipinski definition) is 8. The molecule has 0 radical (unpaired) electrons. The Morgan fingerprint density at radius 1 is 1.00 bits per heavy atom. The van der Waals surface area contributed by atoms with Crippen molar-refractivity contribution in [2.75, 3.05) is 21.3 Å². The zero-order valence-corrected chi connectivity index (χ0v) is 22.4. The second-order valence-corrected chi connectivity index (χ2v) is 9.48. The molecule has 0 aromatic heterocycles. The molecule has 2 aromatic rings. The van der Waals surface area contributed by atoms with Crippen LogP contribution in [0.2, 0.25) is 0 Å². The van der Waals surface area contributed by atoms with Gasteiger partial charge in [-0.15, -0.1) is 0 Å². The molecule has 38 heavy (non-hydrogen) atoms. The van der Waals surface area contributed by atoms with E-state index in [2.05, 4.69) is 5.32 Å². The molecule has 2 aromatic carbocycles. The second kappa shape index (κ2) is 11.1. The third-order valence-electron chi connectivity index (χ3n) is 6.79. The Morgan fingerprint density at radius 3 is 2.16 bits per heavy atom. The van der Waals surface area contributed by atoms with Gasteiger partial charge in [-0.3, -0.25) is 9.59 Å². The zero-order valence-electron chi connectivity index (χ0n) is 22.4. The molecule has 2 heterocycles. The van der Waals surface area contributed by atoms with Crippen molar-refractivity contribution in [3.05, 3.63) is 65.4 Å². The van der Waals surface area contributed by atoms with Crippen molar-refractivity contribution < 1.29 is 33.3 Å². The molecule has 1 fully saturated rings. The number of hydrogen-bond donors (Lipinski definition) is 1. The van der Waals surface area contributed by atoms with E-state index in [0.717, 1.165) is 5.56 Å². The van der Waals surface area contributed by atoms with Crippen LogP contribution in [0.3, 0.4) is 0 Å². The second-order valence-electron chi connectivity index (χ2n) is 9.48. The van der Waals surface area contributed by atoms with Crippen LogP contribution in [-0.4, -0.2) is 61.2 Å². The van der Waals surface area contributed by atoms with Crippen LogP contribution in [0.4, 0.5) is 4.79 Å². The van der Waals surface area contributed by atoms with Crippen molar-refractivity contribution in [3.8, 4) is 17.2 Å². The Bertz CT molecular complexity index is 1220. The molecular weight excluding hydrogens is 490 g/mol. The maximum atomic E-state index is 13.6. The van der Waals surface area contributed by atoms with Gasteiger partial charge in [-0.25, -0.2) is 9.80 Å². The van der Waals surface area contributed by atoms with Crippen molar-refractivity contribution in [1.29, 1.82) is 0 Å². The Kier molecular flexibility index (Phi) is 7.91. The van der Waals surface area contributed by atoms with E-state index < -0.39 is 24.2 Å². The van der Waals surface area contributed by atoms with Crippen LogP contribution in [-0.2, 0) is 20.9 Å². The molecule has 0 unspecified atom stereocenters. The number of ketones is 1. The quantitative estimate of drug-likeness (QED) is 0.531. The van der Waals surface area contributed by atoms with Gasteiger partial charge in [-0.1, -0.05) is 44.2 Å². The lowest BCUT2D eigenvalue weighted by atomic mass is 9.91. The van der Waals surface area contributed by atoms with Gasteiger partial charge in [0, 0.05) is 11.8 Å². The van der Waals surface area contributed by atoms with E-state index in [1.165, 1.54) is 33.3 Å². The van der Waals surface area contributed by atoms with Crippen molar-refractivity contribution in [2.45, 2.75) is 45.5 Å². The fourth-order valence-electron chi connectivity index (χ4n) is 5.07. The summed E-state index contributed by atoms with van der Waals surface area (Å²) in [5.41, 5.74) is 1.94. The lowest BCUT2D eigenvalue weighted by molar-refractivity contribution is -0.134. The van der Waals surface area contributed by atoms with Gasteiger partial charge in [-0.2, -0.15) is 5.01 Å². The molecule has 2 aliphatic heterocycles. The average molecular weight is 524 g/mol. The van der Waals surface area contributed by atoms with Crippen molar-refractivity contribution in [1.82, 2.24) is 15.3 Å². The van der Waals surface area contributed by atoms with Crippen LogP contribution in [0.1, 0.15) is 37.9 Å². The molecule has 2 aliphatic rings. The largest absolute Gasteiger partial charge is 0.493 e. The van der Waals surface area contributed by atoms with Gasteiger partial charge in [-0.05, 0) is 36.1 Å². The number of nitrogens with zero attached hydrogens (tertiary/aromatic N) is 2. The number of alkyl carbamates (subject to hydrolysis) is 1. The Balaban J connectivity index is 1.68. The molecule has 0 bridgehead atoms. The summed E-state index contributed by atoms with van der Waals surface area (Å²) in [6.45, 7) is 5.47. The van der Waals surface area contributed by atoms with Gasteiger partial charge < -0.3 is 24.3 Å². The molecule has 1 N–H and O–H groups in total. The van der Waals surface area contributed by atoms with E-state index in [9.17, 15) is 14.4 Å². The smallest absolute Gasteiger partial charge is 0.408 e. The summed E-state index contributed by atoms with van der Waals surface area (Å²) >= 11 is 0. The normalized spacial score (nSPS) is 20.7. The van der Waals surface area contributed by atoms with Crippen molar-refractivity contribution >= 4 is 17.8 Å². The van der Waals surface area contributed by atoms with Crippen LogP contribution in [0.15, 0.2) is 54.2 Å². The summed E-state index contributed by atoms with van der Waals surface area (Å²) in [5.74, 6) is 0.658. The summed E-state index contributed by atoms with van der Waals surface area (Å²) in [6, 6.07) is 10.9. The summed E-state index contributed by atoms with van der Waals surface area (Å²) in [4.78, 5) is 39.1. The van der Waals surface area contributed by atoms with Gasteiger partial charge in [0.2, 0.25) is 5.75 Å². The monoisotopic (exact) mass is 523 g/mol. The van der Waals surface area contributed by atoms with Crippen LogP contribution >= 0.6 is 0 Å².